The van der Waals surface area contributed by atoms with Gasteiger partial charge < -0.3 is 29.7 Å². The van der Waals surface area contributed by atoms with Gasteiger partial charge in [0.05, 0.1) is 0 Å². The van der Waals surface area contributed by atoms with Crippen LogP contribution < -0.4 is 5.32 Å². The predicted molar refractivity (Wildman–Crippen MR) is 66.7 cm³/mol. The van der Waals surface area contributed by atoms with E-state index in [-0.39, 0.29) is 6.61 Å². The SMILES string of the molecule is CC(=O)N[C@H]1C(O)O[C@H](COC(C)=O)[C@@H](OC(C)=O)[C@@H]1O. The summed E-state index contributed by atoms with van der Waals surface area (Å²) in [5.74, 6) is -1.77. The van der Waals surface area contributed by atoms with E-state index in [1.165, 1.54) is 13.8 Å². The van der Waals surface area contributed by atoms with Gasteiger partial charge in [0.25, 0.3) is 0 Å². The van der Waals surface area contributed by atoms with Crippen LogP contribution in [-0.2, 0) is 28.6 Å². The highest BCUT2D eigenvalue weighted by atomic mass is 16.7. The van der Waals surface area contributed by atoms with Crippen LogP contribution in [0.2, 0.25) is 0 Å². The number of hydrogen-bond donors (Lipinski definition) is 3. The Hall–Kier alpha value is -1.71. The summed E-state index contributed by atoms with van der Waals surface area (Å²) in [4.78, 5) is 33.0. The van der Waals surface area contributed by atoms with Crippen LogP contribution in [0.25, 0.3) is 0 Å². The van der Waals surface area contributed by atoms with Gasteiger partial charge in [-0.2, -0.15) is 0 Å². The normalized spacial score (nSPS) is 32.1. The fourth-order valence-electron chi connectivity index (χ4n) is 2.00. The Labute approximate surface area is 121 Å². The lowest BCUT2D eigenvalue weighted by Crippen LogP contribution is -2.65. The number of aliphatic hydroxyl groups excluding tert-OH is 2. The molecule has 9 nitrogen and oxygen atoms in total. The third-order valence-electron chi connectivity index (χ3n) is 2.82. The number of nitrogens with one attached hydrogen (secondary N) is 1. The first-order chi connectivity index (χ1) is 9.72. The molecule has 0 aromatic carbocycles. The minimum Gasteiger partial charge on any atom is -0.463 e. The van der Waals surface area contributed by atoms with Gasteiger partial charge in [-0.1, -0.05) is 0 Å². The summed E-state index contributed by atoms with van der Waals surface area (Å²) in [6.45, 7) is 3.20. The first kappa shape index (κ1) is 17.3. The lowest BCUT2D eigenvalue weighted by molar-refractivity contribution is -0.260. The Bertz CT molecular complexity index is 410. The molecule has 5 atom stereocenters. The first-order valence-electron chi connectivity index (χ1n) is 6.31. The number of amides is 1. The van der Waals surface area contributed by atoms with Crippen molar-refractivity contribution in [1.82, 2.24) is 5.32 Å². The van der Waals surface area contributed by atoms with Crippen molar-refractivity contribution in [3.63, 3.8) is 0 Å². The van der Waals surface area contributed by atoms with Crippen molar-refractivity contribution in [3.8, 4) is 0 Å². The minimum absolute atomic E-state index is 0.311. The molecule has 0 aromatic rings. The van der Waals surface area contributed by atoms with Crippen LogP contribution in [0.5, 0.6) is 0 Å². The molecule has 3 N–H and O–H groups in total. The molecule has 120 valence electrons. The number of carbonyl (C=O) groups excluding carboxylic acids is 3. The molecule has 0 radical (unpaired) electrons. The summed E-state index contributed by atoms with van der Waals surface area (Å²) in [6, 6.07) is -1.17. The number of hydrogen-bond acceptors (Lipinski definition) is 8. The van der Waals surface area contributed by atoms with Crippen LogP contribution in [0.1, 0.15) is 20.8 Å². The van der Waals surface area contributed by atoms with Gasteiger partial charge in [-0.3, -0.25) is 14.4 Å². The number of carbonyl (C=O) groups is 3. The number of aliphatic hydroxyl groups is 2. The third kappa shape index (κ3) is 4.96. The summed E-state index contributed by atoms with van der Waals surface area (Å²) in [5, 5.41) is 22.3. The second-order valence-corrected chi connectivity index (χ2v) is 4.66. The van der Waals surface area contributed by atoms with Crippen molar-refractivity contribution in [3.05, 3.63) is 0 Å². The molecular weight excluding hydrogens is 286 g/mol. The summed E-state index contributed by atoms with van der Waals surface area (Å²) in [7, 11) is 0. The molecule has 1 unspecified atom stereocenters. The van der Waals surface area contributed by atoms with Crippen LogP contribution in [-0.4, -0.2) is 65.3 Å². The minimum atomic E-state index is -1.53. The largest absolute Gasteiger partial charge is 0.463 e. The quantitative estimate of drug-likeness (QED) is 0.511. The molecule has 0 aliphatic carbocycles. The molecule has 9 heteroatoms. The van der Waals surface area contributed by atoms with E-state index in [9.17, 15) is 24.6 Å². The zero-order chi connectivity index (χ0) is 16.2. The molecule has 1 aliphatic rings. The van der Waals surface area contributed by atoms with Crippen LogP contribution in [0, 0.1) is 0 Å². The Kier molecular flexibility index (Phi) is 6.06. The van der Waals surface area contributed by atoms with Gasteiger partial charge in [-0.25, -0.2) is 0 Å². The predicted octanol–water partition coefficient (Wildman–Crippen LogP) is -1.94. The van der Waals surface area contributed by atoms with Crippen molar-refractivity contribution in [2.24, 2.45) is 0 Å². The lowest BCUT2D eigenvalue weighted by Gasteiger charge is -2.41. The van der Waals surface area contributed by atoms with Gasteiger partial charge in [0.15, 0.2) is 12.4 Å². The van der Waals surface area contributed by atoms with E-state index >= 15 is 0 Å². The Morgan fingerprint density at radius 2 is 1.76 bits per heavy atom. The molecule has 1 fully saturated rings. The molecule has 21 heavy (non-hydrogen) atoms. The highest BCUT2D eigenvalue weighted by molar-refractivity contribution is 5.73. The van der Waals surface area contributed by atoms with Gasteiger partial charge in [0, 0.05) is 20.8 Å². The zero-order valence-electron chi connectivity index (χ0n) is 11.9. The molecule has 1 aliphatic heterocycles. The fourth-order valence-corrected chi connectivity index (χ4v) is 2.00. The Morgan fingerprint density at radius 3 is 2.24 bits per heavy atom. The number of esters is 2. The highest BCUT2D eigenvalue weighted by Gasteiger charge is 2.47. The van der Waals surface area contributed by atoms with Gasteiger partial charge in [0.1, 0.15) is 24.9 Å². The van der Waals surface area contributed by atoms with Gasteiger partial charge in [-0.15, -0.1) is 0 Å². The number of rotatable bonds is 4. The van der Waals surface area contributed by atoms with Gasteiger partial charge in [-0.05, 0) is 0 Å². The van der Waals surface area contributed by atoms with Gasteiger partial charge >= 0.3 is 11.9 Å². The molecule has 0 aromatic heterocycles. The van der Waals surface area contributed by atoms with Crippen molar-refractivity contribution in [1.29, 1.82) is 0 Å². The van der Waals surface area contributed by atoms with Crippen LogP contribution in [0.15, 0.2) is 0 Å². The lowest BCUT2D eigenvalue weighted by atomic mass is 9.96. The van der Waals surface area contributed by atoms with E-state index in [1.807, 2.05) is 0 Å². The summed E-state index contributed by atoms with van der Waals surface area (Å²) in [5.41, 5.74) is 0. The Morgan fingerprint density at radius 1 is 1.14 bits per heavy atom. The van der Waals surface area contributed by atoms with Crippen LogP contribution >= 0.6 is 0 Å². The smallest absolute Gasteiger partial charge is 0.303 e. The molecule has 1 heterocycles. The van der Waals surface area contributed by atoms with E-state index in [4.69, 9.17) is 14.2 Å². The maximum absolute atomic E-state index is 11.1. The maximum atomic E-state index is 11.1. The second kappa shape index (κ2) is 7.34. The summed E-state index contributed by atoms with van der Waals surface area (Å²) >= 11 is 0. The molecule has 1 rings (SSSR count). The van der Waals surface area contributed by atoms with Crippen molar-refractivity contribution < 1.29 is 38.8 Å². The molecule has 0 spiro atoms. The van der Waals surface area contributed by atoms with Crippen LogP contribution in [0.3, 0.4) is 0 Å². The standard InChI is InChI=1S/C12H19NO8/c1-5(14)13-9-10(17)11(20-7(3)16)8(21-12(9)18)4-19-6(2)15/h8-12,17-18H,4H2,1-3H3,(H,13,14)/t8-,9-,10-,11-,12?/m1/s1. The van der Waals surface area contributed by atoms with Crippen molar-refractivity contribution >= 4 is 17.8 Å². The average Bonchev–Trinajstić information content (AvgIpc) is 2.35. The first-order valence-corrected chi connectivity index (χ1v) is 6.31. The van der Waals surface area contributed by atoms with Crippen molar-refractivity contribution in [2.45, 2.75) is 51.4 Å². The topological polar surface area (TPSA) is 131 Å². The van der Waals surface area contributed by atoms with Crippen molar-refractivity contribution in [2.75, 3.05) is 6.61 Å². The summed E-state index contributed by atoms with van der Waals surface area (Å²) < 4.78 is 14.8. The molecule has 0 bridgehead atoms. The molecule has 1 saturated heterocycles. The van der Waals surface area contributed by atoms with E-state index in [2.05, 4.69) is 5.32 Å². The zero-order valence-corrected chi connectivity index (χ0v) is 11.9. The van der Waals surface area contributed by atoms with E-state index in [1.54, 1.807) is 0 Å². The highest BCUT2D eigenvalue weighted by Crippen LogP contribution is 2.23. The average molecular weight is 305 g/mol. The van der Waals surface area contributed by atoms with E-state index < -0.39 is 48.5 Å². The maximum Gasteiger partial charge on any atom is 0.303 e. The summed E-state index contributed by atoms with van der Waals surface area (Å²) in [6.07, 6.45) is -5.19. The van der Waals surface area contributed by atoms with Gasteiger partial charge in [0.2, 0.25) is 5.91 Å². The third-order valence-corrected chi connectivity index (χ3v) is 2.82. The molecule has 0 saturated carbocycles. The molecular formula is C12H19NO8. The Balaban J connectivity index is 2.86. The van der Waals surface area contributed by atoms with Crippen LogP contribution in [0.4, 0.5) is 0 Å². The molecule has 1 amide bonds. The number of ether oxygens (including phenoxy) is 3. The van der Waals surface area contributed by atoms with E-state index in [0.717, 1.165) is 6.92 Å². The monoisotopic (exact) mass is 305 g/mol. The van der Waals surface area contributed by atoms with E-state index in [0.29, 0.717) is 0 Å². The fraction of sp³-hybridized carbons (Fsp3) is 0.750. The second-order valence-electron chi connectivity index (χ2n) is 4.66.